The Bertz CT molecular complexity index is 1530. The van der Waals surface area contributed by atoms with Gasteiger partial charge >= 0.3 is 12.2 Å². The van der Waals surface area contributed by atoms with Gasteiger partial charge in [0.05, 0.1) is 17.8 Å². The van der Waals surface area contributed by atoms with Crippen LogP contribution < -0.4 is 21.8 Å². The summed E-state index contributed by atoms with van der Waals surface area (Å²) in [5.41, 5.74) is 7.05. The van der Waals surface area contributed by atoms with Gasteiger partial charge in [0, 0.05) is 11.3 Å². The number of allylic oxidation sites excluding steroid dienone is 2. The molecule has 3 amide bonds. The lowest BCUT2D eigenvalue weighted by molar-refractivity contribution is -0.137. The van der Waals surface area contributed by atoms with Crippen LogP contribution in [0.4, 0.5) is 33.7 Å². The van der Waals surface area contributed by atoms with Gasteiger partial charge in [-0.15, -0.1) is 0 Å². The fourth-order valence-electron chi connectivity index (χ4n) is 4.40. The van der Waals surface area contributed by atoms with E-state index in [-0.39, 0.29) is 12.1 Å². The van der Waals surface area contributed by atoms with Crippen LogP contribution in [0.25, 0.3) is 5.57 Å². The zero-order valence-electron chi connectivity index (χ0n) is 22.2. The number of carbonyl (C=O) groups excluding carboxylic acids is 2. The molecule has 0 spiro atoms. The Morgan fingerprint density at radius 2 is 1.69 bits per heavy atom. The van der Waals surface area contributed by atoms with Crippen LogP contribution in [0.1, 0.15) is 52.7 Å². The number of nitrogens with two attached hydrogens (primary N) is 2. The summed E-state index contributed by atoms with van der Waals surface area (Å²) in [6, 6.07) is 14.1. The second-order valence-corrected chi connectivity index (χ2v) is 9.42. The highest BCUT2D eigenvalue weighted by Crippen LogP contribution is 2.33. The molecule has 9 nitrogen and oxygen atoms in total. The molecular formula is C29H27F4N7O2. The first-order valence-electron chi connectivity index (χ1n) is 12.9. The summed E-state index contributed by atoms with van der Waals surface area (Å²) >= 11 is 0. The molecule has 0 heterocycles. The summed E-state index contributed by atoms with van der Waals surface area (Å²) in [4.78, 5) is 30.5. The van der Waals surface area contributed by atoms with Gasteiger partial charge in [-0.2, -0.15) is 18.2 Å². The van der Waals surface area contributed by atoms with E-state index in [9.17, 15) is 27.2 Å². The van der Waals surface area contributed by atoms with Gasteiger partial charge in [0.15, 0.2) is 0 Å². The molecule has 3 aromatic carbocycles. The molecule has 0 saturated carbocycles. The average Bonchev–Trinajstić information content (AvgIpc) is 2.97. The standard InChI is InChI=1S/C29H27F4N7O2/c30-24-15-12-22(29(31,32)33)16-25(24)36-28(42)40(23-13-10-20(11-14-23)19-4-2-1-3-5-19)17-18-6-8-21(9-7-18)26(41)37-27(34)38-39-35/h4,6-16H,1-3,5,17H2,(H,36,42)(H4,34,35,37,38,41). The number of anilines is 2. The van der Waals surface area contributed by atoms with Crippen LogP contribution in [0, 0.1) is 5.82 Å². The molecule has 218 valence electrons. The second-order valence-electron chi connectivity index (χ2n) is 9.42. The highest BCUT2D eigenvalue weighted by Gasteiger charge is 2.31. The Morgan fingerprint density at radius 3 is 2.31 bits per heavy atom. The van der Waals surface area contributed by atoms with Crippen molar-refractivity contribution in [2.75, 3.05) is 10.2 Å². The Morgan fingerprint density at radius 1 is 0.976 bits per heavy atom. The number of carbonyl (C=O) groups is 2. The van der Waals surface area contributed by atoms with E-state index in [0.717, 1.165) is 31.2 Å². The van der Waals surface area contributed by atoms with Crippen molar-refractivity contribution < 1.29 is 27.2 Å². The fraction of sp³-hybridized carbons (Fsp3) is 0.207. The van der Waals surface area contributed by atoms with Crippen molar-refractivity contribution in [3.8, 4) is 0 Å². The van der Waals surface area contributed by atoms with E-state index in [1.165, 1.54) is 22.6 Å². The van der Waals surface area contributed by atoms with Crippen molar-refractivity contribution in [2.45, 2.75) is 38.4 Å². The van der Waals surface area contributed by atoms with E-state index in [0.29, 0.717) is 29.4 Å². The minimum absolute atomic E-state index is 0.0598. The molecule has 0 aromatic heterocycles. The van der Waals surface area contributed by atoms with Gasteiger partial charge in [-0.3, -0.25) is 9.69 Å². The number of alkyl halides is 3. The first kappa shape index (κ1) is 29.9. The largest absolute Gasteiger partial charge is 0.416 e. The van der Waals surface area contributed by atoms with Crippen LogP contribution in [0.2, 0.25) is 0 Å². The van der Waals surface area contributed by atoms with Crippen LogP contribution in [0.5, 0.6) is 0 Å². The molecule has 1 aliphatic rings. The third kappa shape index (κ3) is 7.56. The lowest BCUT2D eigenvalue weighted by Gasteiger charge is -2.24. The molecule has 13 heteroatoms. The quantitative estimate of drug-likeness (QED) is 0.0734. The van der Waals surface area contributed by atoms with Crippen molar-refractivity contribution in [1.82, 2.24) is 0 Å². The molecule has 42 heavy (non-hydrogen) atoms. The fourth-order valence-corrected chi connectivity index (χ4v) is 4.40. The van der Waals surface area contributed by atoms with E-state index < -0.39 is 41.1 Å². The zero-order valence-corrected chi connectivity index (χ0v) is 22.2. The van der Waals surface area contributed by atoms with Gasteiger partial charge in [0.2, 0.25) is 5.96 Å². The maximum atomic E-state index is 14.5. The molecule has 0 atom stereocenters. The lowest BCUT2D eigenvalue weighted by Crippen LogP contribution is -2.35. The number of nitrogens with one attached hydrogen (secondary N) is 1. The molecule has 5 N–H and O–H groups in total. The predicted molar refractivity (Wildman–Crippen MR) is 151 cm³/mol. The Hall–Kier alpha value is -5.07. The van der Waals surface area contributed by atoms with Gasteiger partial charge in [0.1, 0.15) is 5.82 Å². The van der Waals surface area contributed by atoms with E-state index in [1.807, 2.05) is 12.1 Å². The van der Waals surface area contributed by atoms with Crippen LogP contribution in [-0.2, 0) is 12.7 Å². The Labute approximate surface area is 238 Å². The van der Waals surface area contributed by atoms with Crippen LogP contribution >= 0.6 is 0 Å². The van der Waals surface area contributed by atoms with Crippen molar-refractivity contribution in [3.63, 3.8) is 0 Å². The number of hydrogen-bond acceptors (Lipinski definition) is 3. The van der Waals surface area contributed by atoms with Crippen LogP contribution in [0.3, 0.4) is 0 Å². The molecule has 0 fully saturated rings. The summed E-state index contributed by atoms with van der Waals surface area (Å²) in [6.45, 7) is -0.0598. The summed E-state index contributed by atoms with van der Waals surface area (Å²) in [5.74, 6) is 2.74. The summed E-state index contributed by atoms with van der Waals surface area (Å²) in [5, 5.41) is 8.48. The third-order valence-electron chi connectivity index (χ3n) is 6.54. The van der Waals surface area contributed by atoms with Crippen molar-refractivity contribution in [1.29, 1.82) is 0 Å². The lowest BCUT2D eigenvalue weighted by atomic mass is 9.93. The SMILES string of the molecule is N/N=N\C(N)=NC(=O)c1ccc(CN(C(=O)Nc2cc(C(F)(F)F)ccc2F)c2ccc(C3=CCCCC3)cc2)cc1. The number of urea groups is 1. The average molecular weight is 582 g/mol. The molecule has 0 aliphatic heterocycles. The molecular weight excluding hydrogens is 554 g/mol. The summed E-state index contributed by atoms with van der Waals surface area (Å²) in [6.07, 6.45) is 1.59. The van der Waals surface area contributed by atoms with E-state index in [4.69, 9.17) is 11.6 Å². The molecule has 1 aliphatic carbocycles. The topological polar surface area (TPSA) is 139 Å². The van der Waals surface area contributed by atoms with E-state index in [2.05, 4.69) is 26.7 Å². The molecule has 0 bridgehead atoms. The second kappa shape index (κ2) is 13.1. The molecule has 3 aromatic rings. The van der Waals surface area contributed by atoms with Crippen LogP contribution in [0.15, 0.2) is 88.1 Å². The first-order valence-corrected chi connectivity index (χ1v) is 12.9. The number of guanidine groups is 1. The third-order valence-corrected chi connectivity index (χ3v) is 6.54. The summed E-state index contributed by atoms with van der Waals surface area (Å²) in [7, 11) is 0. The van der Waals surface area contributed by atoms with E-state index in [1.54, 1.807) is 24.3 Å². The number of amides is 3. The number of rotatable bonds is 6. The van der Waals surface area contributed by atoms with Gasteiger partial charge < -0.3 is 16.9 Å². The molecule has 0 radical (unpaired) electrons. The maximum Gasteiger partial charge on any atom is 0.416 e. The van der Waals surface area contributed by atoms with E-state index >= 15 is 0 Å². The predicted octanol–water partition coefficient (Wildman–Crippen LogP) is 6.82. The molecule has 0 unspecified atom stereocenters. The zero-order chi connectivity index (χ0) is 30.3. The monoisotopic (exact) mass is 581 g/mol. The minimum atomic E-state index is -4.72. The Balaban J connectivity index is 1.62. The number of hydrogen-bond donors (Lipinski definition) is 3. The number of nitrogens with zero attached hydrogens (tertiary/aromatic N) is 4. The smallest absolute Gasteiger partial charge is 0.366 e. The maximum absolute atomic E-state index is 14.5. The van der Waals surface area contributed by atoms with Crippen molar-refractivity contribution in [2.24, 2.45) is 26.9 Å². The number of benzene rings is 3. The first-order chi connectivity index (χ1) is 20.0. The van der Waals surface area contributed by atoms with Gasteiger partial charge in [-0.05, 0) is 84.8 Å². The van der Waals surface area contributed by atoms with Crippen LogP contribution in [-0.4, -0.2) is 17.9 Å². The summed E-state index contributed by atoms with van der Waals surface area (Å²) < 4.78 is 54.1. The normalized spacial score (nSPS) is 14.0. The van der Waals surface area contributed by atoms with Crippen molar-refractivity contribution in [3.05, 3.63) is 101 Å². The van der Waals surface area contributed by atoms with Gasteiger partial charge in [-0.25, -0.2) is 9.18 Å². The minimum Gasteiger partial charge on any atom is -0.366 e. The molecule has 0 saturated heterocycles. The number of halogens is 4. The van der Waals surface area contributed by atoms with Gasteiger partial charge in [-0.1, -0.05) is 40.7 Å². The molecule has 4 rings (SSSR count). The Kier molecular flexibility index (Phi) is 9.30. The highest BCUT2D eigenvalue weighted by atomic mass is 19.4. The van der Waals surface area contributed by atoms with Gasteiger partial charge in [0.25, 0.3) is 5.91 Å². The number of aliphatic imine (C=N–C) groups is 1. The van der Waals surface area contributed by atoms with Crippen molar-refractivity contribution >= 4 is 34.8 Å². The highest BCUT2D eigenvalue weighted by molar-refractivity contribution is 6.03.